The number of likely N-dealkylation sites (tertiary alicyclic amines) is 1. The van der Waals surface area contributed by atoms with E-state index in [0.29, 0.717) is 41.4 Å². The maximum Gasteiger partial charge on any atom is 0.252 e. The summed E-state index contributed by atoms with van der Waals surface area (Å²) in [4.78, 5) is 27.4. The normalized spacial score (nSPS) is 15.4. The number of hydrogen-bond acceptors (Lipinski definition) is 6. The summed E-state index contributed by atoms with van der Waals surface area (Å²) >= 11 is 0. The van der Waals surface area contributed by atoms with E-state index in [1.54, 1.807) is 11.0 Å². The number of aromatic nitrogens is 4. The highest BCUT2D eigenvalue weighted by atomic mass is 16.5. The molecule has 41 heavy (non-hydrogen) atoms. The van der Waals surface area contributed by atoms with Crippen LogP contribution in [0.3, 0.4) is 0 Å². The van der Waals surface area contributed by atoms with Gasteiger partial charge < -0.3 is 15.4 Å². The molecule has 5 aromatic rings. The summed E-state index contributed by atoms with van der Waals surface area (Å²) in [5.74, 6) is 1.51. The quantitative estimate of drug-likeness (QED) is 0.209. The number of fused-ring (bicyclic) bond motifs is 1. The molecule has 0 bridgehead atoms. The van der Waals surface area contributed by atoms with Crippen LogP contribution in [-0.2, 0) is 4.79 Å². The van der Waals surface area contributed by atoms with Gasteiger partial charge in [0.05, 0.1) is 18.0 Å². The van der Waals surface area contributed by atoms with Gasteiger partial charge in [-0.1, -0.05) is 48.5 Å². The first-order chi connectivity index (χ1) is 20.1. The molecule has 6 rings (SSSR count). The van der Waals surface area contributed by atoms with Crippen molar-refractivity contribution in [2.75, 3.05) is 18.8 Å². The van der Waals surface area contributed by atoms with E-state index in [0.717, 1.165) is 29.7 Å². The molecule has 1 fully saturated rings. The van der Waals surface area contributed by atoms with E-state index >= 15 is 0 Å². The van der Waals surface area contributed by atoms with Crippen LogP contribution < -0.4 is 10.5 Å². The van der Waals surface area contributed by atoms with Gasteiger partial charge in [0, 0.05) is 18.7 Å². The van der Waals surface area contributed by atoms with E-state index in [-0.39, 0.29) is 17.6 Å². The lowest BCUT2D eigenvalue weighted by Crippen LogP contribution is -2.41. The molecule has 1 saturated heterocycles. The van der Waals surface area contributed by atoms with Gasteiger partial charge in [-0.2, -0.15) is 5.10 Å². The first-order valence-electron chi connectivity index (χ1n) is 13.4. The molecule has 0 spiro atoms. The smallest absolute Gasteiger partial charge is 0.252 e. The maximum atomic E-state index is 13.4. The number of anilines is 1. The molecule has 202 valence electrons. The molecule has 2 N–H and O–H groups in total. The van der Waals surface area contributed by atoms with E-state index in [1.807, 2.05) is 89.6 Å². The molecule has 9 heteroatoms. The zero-order valence-corrected chi connectivity index (χ0v) is 22.2. The minimum absolute atomic E-state index is 0.0900. The highest BCUT2D eigenvalue weighted by Gasteiger charge is 2.30. The Bertz CT molecular complexity index is 1760. The Morgan fingerprint density at radius 3 is 2.41 bits per heavy atom. The van der Waals surface area contributed by atoms with Crippen molar-refractivity contribution in [3.63, 3.8) is 0 Å². The van der Waals surface area contributed by atoms with Crippen LogP contribution >= 0.6 is 0 Å². The van der Waals surface area contributed by atoms with Gasteiger partial charge in [0.2, 0.25) is 0 Å². The summed E-state index contributed by atoms with van der Waals surface area (Å²) in [5.41, 5.74) is 9.37. The van der Waals surface area contributed by atoms with Gasteiger partial charge in [-0.15, -0.1) is 0 Å². The van der Waals surface area contributed by atoms with Gasteiger partial charge in [0.15, 0.2) is 5.65 Å². The number of para-hydroxylation sites is 1. The average molecular weight is 542 g/mol. The van der Waals surface area contributed by atoms with Crippen molar-refractivity contribution >= 4 is 28.8 Å². The number of nitrogen functional groups attached to an aromatic ring is 1. The summed E-state index contributed by atoms with van der Waals surface area (Å²) in [6.45, 7) is 8.61. The minimum atomic E-state index is -0.284. The van der Waals surface area contributed by atoms with Crippen LogP contribution in [0.5, 0.6) is 11.5 Å². The second kappa shape index (κ2) is 11.3. The Morgan fingerprint density at radius 2 is 1.68 bits per heavy atom. The van der Waals surface area contributed by atoms with Gasteiger partial charge in [-0.05, 0) is 60.9 Å². The molecule has 0 aliphatic carbocycles. The fraction of sp³-hybridized carbons (Fsp3) is 0.156. The number of amides is 1. The molecular formula is C32H27N7O2. The molecular weight excluding hydrogens is 514 g/mol. The standard InChI is InChI=1S/C32H27N7O2/c1-34-27(19-22-9-4-2-5-10-22)32(40)38-18-8-11-24(20-38)39-31-28(30(33)35-21-36-31)29(37-39)23-14-16-26(17-15-23)41-25-12-6-3-7-13-25/h2-7,9-10,12-17,19,21,24H,8,11,18,20H2,(H2,33,35,36)/b27-19-. The fourth-order valence-electron chi connectivity index (χ4n) is 5.11. The lowest BCUT2D eigenvalue weighted by molar-refractivity contribution is -0.128. The van der Waals surface area contributed by atoms with Crippen LogP contribution in [0.4, 0.5) is 5.82 Å². The van der Waals surface area contributed by atoms with Gasteiger partial charge in [0.1, 0.15) is 29.3 Å². The predicted octanol–water partition coefficient (Wildman–Crippen LogP) is 5.99. The van der Waals surface area contributed by atoms with Crippen LogP contribution in [0.15, 0.2) is 97.0 Å². The number of nitrogens with two attached hydrogens (primary N) is 1. The van der Waals surface area contributed by atoms with Gasteiger partial charge in [-0.3, -0.25) is 4.79 Å². The maximum absolute atomic E-state index is 13.4. The summed E-state index contributed by atoms with van der Waals surface area (Å²) in [6, 6.07) is 26.5. The summed E-state index contributed by atoms with van der Waals surface area (Å²) in [7, 11) is 0. The van der Waals surface area contributed by atoms with E-state index < -0.39 is 0 Å². The second-order valence-electron chi connectivity index (χ2n) is 9.79. The van der Waals surface area contributed by atoms with Crippen molar-refractivity contribution in [2.45, 2.75) is 18.9 Å². The van der Waals surface area contributed by atoms with E-state index in [9.17, 15) is 4.79 Å². The predicted molar refractivity (Wildman–Crippen MR) is 158 cm³/mol. The van der Waals surface area contributed by atoms with Crippen LogP contribution in [0.2, 0.25) is 0 Å². The largest absolute Gasteiger partial charge is 0.457 e. The zero-order chi connectivity index (χ0) is 28.2. The van der Waals surface area contributed by atoms with E-state index in [1.165, 1.54) is 6.33 Å². The Hall–Kier alpha value is -5.49. The number of hydrogen-bond donors (Lipinski definition) is 1. The first kappa shape index (κ1) is 25.8. The number of rotatable bonds is 6. The van der Waals surface area contributed by atoms with Gasteiger partial charge in [0.25, 0.3) is 11.6 Å². The summed E-state index contributed by atoms with van der Waals surface area (Å²) in [6.07, 6.45) is 4.65. The van der Waals surface area contributed by atoms with Crippen LogP contribution in [0.25, 0.3) is 33.2 Å². The second-order valence-corrected chi connectivity index (χ2v) is 9.79. The number of ether oxygens (including phenoxy) is 1. The molecule has 9 nitrogen and oxygen atoms in total. The SMILES string of the molecule is [C-]#[N+]/C(=C\c1ccccc1)C(=O)N1CCCC(n2nc(-c3ccc(Oc4ccccc4)cc3)c3c(N)ncnc32)C1. The number of carbonyl (C=O) groups is 1. The Kier molecular flexibility index (Phi) is 7.11. The van der Waals surface area contributed by atoms with Crippen molar-refractivity contribution < 1.29 is 9.53 Å². The molecule has 0 saturated carbocycles. The minimum Gasteiger partial charge on any atom is -0.457 e. The number of piperidine rings is 1. The molecule has 3 heterocycles. The van der Waals surface area contributed by atoms with Gasteiger partial charge >= 0.3 is 0 Å². The zero-order valence-electron chi connectivity index (χ0n) is 22.2. The van der Waals surface area contributed by atoms with Gasteiger partial charge in [-0.25, -0.2) is 19.5 Å². The molecule has 2 aromatic heterocycles. The molecule has 1 aliphatic heterocycles. The Labute approximate surface area is 237 Å². The molecule has 1 aliphatic rings. The van der Waals surface area contributed by atoms with Crippen molar-refractivity contribution in [1.29, 1.82) is 0 Å². The van der Waals surface area contributed by atoms with E-state index in [4.69, 9.17) is 22.1 Å². The fourth-order valence-corrected chi connectivity index (χ4v) is 5.11. The lowest BCUT2D eigenvalue weighted by atomic mass is 10.0. The molecule has 3 aromatic carbocycles. The lowest BCUT2D eigenvalue weighted by Gasteiger charge is -2.33. The summed E-state index contributed by atoms with van der Waals surface area (Å²) < 4.78 is 7.80. The number of nitrogens with zero attached hydrogens (tertiary/aromatic N) is 6. The van der Waals surface area contributed by atoms with Crippen LogP contribution in [0, 0.1) is 6.57 Å². The van der Waals surface area contributed by atoms with Crippen molar-refractivity contribution in [3.05, 3.63) is 114 Å². The molecule has 1 amide bonds. The van der Waals surface area contributed by atoms with Crippen LogP contribution in [0.1, 0.15) is 24.4 Å². The molecule has 1 atom stereocenters. The Balaban J connectivity index is 1.29. The third-order valence-corrected chi connectivity index (χ3v) is 7.10. The molecule has 0 radical (unpaired) electrons. The highest BCUT2D eigenvalue weighted by molar-refractivity contribution is 6.00. The first-order valence-corrected chi connectivity index (χ1v) is 13.4. The topological polar surface area (TPSA) is 104 Å². The number of carbonyl (C=O) groups excluding carboxylic acids is 1. The third-order valence-electron chi connectivity index (χ3n) is 7.10. The molecule has 1 unspecified atom stereocenters. The van der Waals surface area contributed by atoms with Crippen molar-refractivity contribution in [3.8, 4) is 22.8 Å². The third kappa shape index (κ3) is 5.36. The Morgan fingerprint density at radius 1 is 0.976 bits per heavy atom. The van der Waals surface area contributed by atoms with Crippen LogP contribution in [-0.4, -0.2) is 43.6 Å². The average Bonchev–Trinajstić information content (AvgIpc) is 3.42. The van der Waals surface area contributed by atoms with Crippen molar-refractivity contribution in [1.82, 2.24) is 24.6 Å². The van der Waals surface area contributed by atoms with Crippen molar-refractivity contribution in [2.24, 2.45) is 0 Å². The summed E-state index contributed by atoms with van der Waals surface area (Å²) in [5, 5.41) is 5.63. The monoisotopic (exact) mass is 541 g/mol. The van der Waals surface area contributed by atoms with E-state index in [2.05, 4.69) is 14.8 Å². The number of benzene rings is 3. The highest BCUT2D eigenvalue weighted by Crippen LogP contribution is 2.35.